The molecule has 3 heterocycles. The fourth-order valence-corrected chi connectivity index (χ4v) is 4.81. The summed E-state index contributed by atoms with van der Waals surface area (Å²) in [6.07, 6.45) is 0. The van der Waals surface area contributed by atoms with Gasteiger partial charge >= 0.3 is 0 Å². The normalized spacial score (nSPS) is 18.3. The summed E-state index contributed by atoms with van der Waals surface area (Å²) in [7, 11) is 4.33. The van der Waals surface area contributed by atoms with Gasteiger partial charge in [-0.05, 0) is 31.3 Å². The molecule has 0 bridgehead atoms. The van der Waals surface area contributed by atoms with E-state index in [2.05, 4.69) is 45.8 Å². The van der Waals surface area contributed by atoms with Gasteiger partial charge in [-0.2, -0.15) is 4.99 Å². The van der Waals surface area contributed by atoms with Crippen molar-refractivity contribution in [3.8, 4) is 11.1 Å². The summed E-state index contributed by atoms with van der Waals surface area (Å²) in [4.78, 5) is 14.4. The van der Waals surface area contributed by atoms with Crippen LogP contribution in [0.5, 0.6) is 0 Å². The van der Waals surface area contributed by atoms with Crippen LogP contribution in [0.1, 0.15) is 24.1 Å². The Morgan fingerprint density at radius 3 is 2.03 bits per heavy atom. The number of nitrogens with zero attached hydrogens (tertiary/aromatic N) is 6. The van der Waals surface area contributed by atoms with E-state index < -0.39 is 0 Å². The summed E-state index contributed by atoms with van der Waals surface area (Å²) in [6, 6.07) is 16.8. The maximum atomic E-state index is 14.2. The van der Waals surface area contributed by atoms with E-state index in [-0.39, 0.29) is 11.7 Å². The lowest BCUT2D eigenvalue weighted by molar-refractivity contribution is 0.167. The van der Waals surface area contributed by atoms with Gasteiger partial charge in [-0.15, -0.1) is 0 Å². The molecule has 0 N–H and O–H groups in total. The van der Waals surface area contributed by atoms with E-state index in [1.165, 1.54) is 6.07 Å². The summed E-state index contributed by atoms with van der Waals surface area (Å²) >= 11 is 0. The topological polar surface area (TPSA) is 51.4 Å². The molecule has 7 nitrogen and oxygen atoms in total. The van der Waals surface area contributed by atoms with Crippen molar-refractivity contribution in [2.45, 2.75) is 12.8 Å². The van der Waals surface area contributed by atoms with E-state index in [1.54, 1.807) is 12.1 Å². The first-order valence-corrected chi connectivity index (χ1v) is 12.7. The molecular weight excluding hydrogens is 455 g/mol. The second-order valence-electron chi connectivity index (χ2n) is 9.91. The highest BCUT2D eigenvalue weighted by molar-refractivity contribution is 5.82. The smallest absolute Gasteiger partial charge is 0.253 e. The van der Waals surface area contributed by atoms with Crippen molar-refractivity contribution in [1.82, 2.24) is 24.8 Å². The first-order chi connectivity index (χ1) is 17.5. The zero-order chi connectivity index (χ0) is 25.1. The van der Waals surface area contributed by atoms with Crippen molar-refractivity contribution >= 4 is 11.8 Å². The minimum Gasteiger partial charge on any atom is -0.340 e. The second-order valence-corrected chi connectivity index (χ2v) is 9.91. The van der Waals surface area contributed by atoms with Crippen LogP contribution in [0, 0.1) is 5.82 Å². The predicted molar refractivity (Wildman–Crippen MR) is 141 cm³/mol. The predicted octanol–water partition coefficient (Wildman–Crippen LogP) is 4.11. The summed E-state index contributed by atoms with van der Waals surface area (Å²) < 4.78 is 19.9. The van der Waals surface area contributed by atoms with Crippen LogP contribution >= 0.6 is 0 Å². The second kappa shape index (κ2) is 10.8. The van der Waals surface area contributed by atoms with E-state index in [4.69, 9.17) is 9.52 Å². The molecule has 0 spiro atoms. The molecule has 2 fully saturated rings. The number of likely N-dealkylation sites (N-methyl/N-ethyl adjacent to an activating group) is 2. The number of aromatic nitrogens is 1. The molecule has 2 aromatic carbocycles. The van der Waals surface area contributed by atoms with Gasteiger partial charge in [-0.25, -0.2) is 4.39 Å². The molecule has 5 rings (SSSR count). The van der Waals surface area contributed by atoms with Gasteiger partial charge in [0.15, 0.2) is 0 Å². The standard InChI is InChI=1S/C28H35FN6O/c1-21(22-8-10-23(11-9-22)24-6-4-5-7-25(24)29)26-20-27(36-31-26)30-28(34-16-12-32(2)13-17-34)35-18-14-33(3)15-19-35/h4-11,20-21H,12-19H2,1-3H3. The SMILES string of the molecule is CC(c1ccc(-c2ccccc2F)cc1)c1cc(N=C(N2CCN(C)CC2)N2CCN(C)CC2)on1. The maximum Gasteiger partial charge on any atom is 0.253 e. The van der Waals surface area contributed by atoms with Crippen molar-refractivity contribution in [2.75, 3.05) is 66.5 Å². The van der Waals surface area contributed by atoms with Crippen LogP contribution in [0.4, 0.5) is 10.3 Å². The molecule has 0 amide bonds. The Balaban J connectivity index is 1.35. The van der Waals surface area contributed by atoms with Gasteiger partial charge < -0.3 is 24.1 Å². The molecule has 0 aliphatic carbocycles. The largest absolute Gasteiger partial charge is 0.340 e. The molecule has 0 radical (unpaired) electrons. The van der Waals surface area contributed by atoms with Crippen molar-refractivity contribution < 1.29 is 8.91 Å². The van der Waals surface area contributed by atoms with Crippen LogP contribution in [-0.4, -0.2) is 97.2 Å². The lowest BCUT2D eigenvalue weighted by Gasteiger charge is -2.41. The van der Waals surface area contributed by atoms with Crippen LogP contribution in [-0.2, 0) is 0 Å². The van der Waals surface area contributed by atoms with Gasteiger partial charge in [0.2, 0.25) is 5.96 Å². The van der Waals surface area contributed by atoms with Gasteiger partial charge in [0, 0.05) is 69.9 Å². The van der Waals surface area contributed by atoms with Crippen LogP contribution in [0.25, 0.3) is 11.1 Å². The molecule has 36 heavy (non-hydrogen) atoms. The highest BCUT2D eigenvalue weighted by atomic mass is 19.1. The fourth-order valence-electron chi connectivity index (χ4n) is 4.81. The van der Waals surface area contributed by atoms with Crippen molar-refractivity contribution in [3.05, 3.63) is 71.7 Å². The minimum atomic E-state index is -0.214. The monoisotopic (exact) mass is 490 g/mol. The van der Waals surface area contributed by atoms with E-state index in [1.807, 2.05) is 36.4 Å². The Morgan fingerprint density at radius 2 is 1.44 bits per heavy atom. The number of hydrogen-bond donors (Lipinski definition) is 0. The maximum absolute atomic E-state index is 14.2. The third-order valence-electron chi connectivity index (χ3n) is 7.34. The Labute approximate surface area is 212 Å². The van der Waals surface area contributed by atoms with E-state index in [0.717, 1.165) is 75.1 Å². The number of rotatable bonds is 4. The van der Waals surface area contributed by atoms with E-state index in [9.17, 15) is 4.39 Å². The number of piperazine rings is 2. The Kier molecular flexibility index (Phi) is 7.34. The molecule has 8 heteroatoms. The molecule has 2 saturated heterocycles. The molecule has 1 unspecified atom stereocenters. The zero-order valence-corrected chi connectivity index (χ0v) is 21.4. The highest BCUT2D eigenvalue weighted by Gasteiger charge is 2.26. The highest BCUT2D eigenvalue weighted by Crippen LogP contribution is 2.30. The van der Waals surface area contributed by atoms with Gasteiger partial charge in [0.05, 0.1) is 5.69 Å². The van der Waals surface area contributed by atoms with Gasteiger partial charge in [-0.3, -0.25) is 0 Å². The van der Waals surface area contributed by atoms with Crippen molar-refractivity contribution in [3.63, 3.8) is 0 Å². The number of hydrogen-bond acceptors (Lipinski definition) is 5. The number of benzene rings is 2. The van der Waals surface area contributed by atoms with Crippen molar-refractivity contribution in [2.24, 2.45) is 4.99 Å². The summed E-state index contributed by atoms with van der Waals surface area (Å²) in [5.74, 6) is 1.34. The third-order valence-corrected chi connectivity index (χ3v) is 7.34. The van der Waals surface area contributed by atoms with Crippen LogP contribution < -0.4 is 0 Å². The first kappa shape index (κ1) is 24.5. The van der Waals surface area contributed by atoms with Crippen molar-refractivity contribution in [1.29, 1.82) is 0 Å². The number of aliphatic imine (C=N–C) groups is 1. The van der Waals surface area contributed by atoms with Crippen LogP contribution in [0.15, 0.2) is 64.1 Å². The number of guanidine groups is 1. The average molecular weight is 491 g/mol. The Hall–Kier alpha value is -3.23. The first-order valence-electron chi connectivity index (χ1n) is 12.7. The minimum absolute atomic E-state index is 0.0306. The molecule has 1 atom stereocenters. The van der Waals surface area contributed by atoms with Gasteiger partial charge in [0.25, 0.3) is 5.88 Å². The third kappa shape index (κ3) is 5.44. The summed E-state index contributed by atoms with van der Waals surface area (Å²) in [5, 5.41) is 4.36. The van der Waals surface area contributed by atoms with Crippen LogP contribution in [0.2, 0.25) is 0 Å². The summed E-state index contributed by atoms with van der Waals surface area (Å²) in [6.45, 7) is 10.00. The lowest BCUT2D eigenvalue weighted by atomic mass is 9.95. The molecular formula is C28H35FN6O. The fraction of sp³-hybridized carbons (Fsp3) is 0.429. The quantitative estimate of drug-likeness (QED) is 0.405. The van der Waals surface area contributed by atoms with Gasteiger partial charge in [-0.1, -0.05) is 54.5 Å². The molecule has 3 aromatic rings. The molecule has 2 aliphatic rings. The van der Waals surface area contributed by atoms with Gasteiger partial charge in [0.1, 0.15) is 5.82 Å². The zero-order valence-electron chi connectivity index (χ0n) is 21.4. The molecule has 190 valence electrons. The summed E-state index contributed by atoms with van der Waals surface area (Å²) in [5.41, 5.74) is 3.40. The lowest BCUT2D eigenvalue weighted by Crippen LogP contribution is -2.56. The molecule has 1 aromatic heterocycles. The Morgan fingerprint density at radius 1 is 0.861 bits per heavy atom. The van der Waals surface area contributed by atoms with E-state index >= 15 is 0 Å². The van der Waals surface area contributed by atoms with E-state index in [0.29, 0.717) is 11.4 Å². The average Bonchev–Trinajstić information content (AvgIpc) is 3.37. The molecule has 2 aliphatic heterocycles. The Bertz CT molecular complexity index is 1150. The number of halogens is 1. The molecule has 0 saturated carbocycles. The van der Waals surface area contributed by atoms with Crippen LogP contribution in [0.3, 0.4) is 0 Å².